The molecular weight excluding hydrogens is 342 g/mol. The van der Waals surface area contributed by atoms with Crippen molar-refractivity contribution in [2.75, 3.05) is 10.6 Å². The molecule has 7 heteroatoms. The number of benzene rings is 1. The molecule has 0 unspecified atom stereocenters. The highest BCUT2D eigenvalue weighted by Crippen LogP contribution is 2.23. The van der Waals surface area contributed by atoms with Crippen LogP contribution in [-0.2, 0) is 4.79 Å². The summed E-state index contributed by atoms with van der Waals surface area (Å²) in [4.78, 5) is 31.2. The van der Waals surface area contributed by atoms with Crippen molar-refractivity contribution in [3.63, 3.8) is 0 Å². The summed E-state index contributed by atoms with van der Waals surface area (Å²) < 4.78 is 0. The van der Waals surface area contributed by atoms with Crippen molar-refractivity contribution in [1.29, 1.82) is 0 Å². The number of hydrogen-bond donors (Lipinski definition) is 4. The minimum atomic E-state index is -0.273. The van der Waals surface area contributed by atoms with Crippen LogP contribution >= 0.6 is 0 Å². The predicted molar refractivity (Wildman–Crippen MR) is 107 cm³/mol. The number of rotatable bonds is 6. The van der Waals surface area contributed by atoms with Crippen molar-refractivity contribution in [3.05, 3.63) is 60.8 Å². The van der Waals surface area contributed by atoms with Gasteiger partial charge in [0.2, 0.25) is 5.91 Å². The van der Waals surface area contributed by atoms with E-state index in [0.717, 1.165) is 11.1 Å². The molecule has 7 nitrogen and oxygen atoms in total. The zero-order chi connectivity index (χ0) is 19.4. The second-order valence-corrected chi connectivity index (χ2v) is 6.32. The van der Waals surface area contributed by atoms with E-state index in [4.69, 9.17) is 0 Å². The fourth-order valence-corrected chi connectivity index (χ4v) is 2.62. The summed E-state index contributed by atoms with van der Waals surface area (Å²) in [6, 6.07) is 11.0. The molecule has 2 amide bonds. The van der Waals surface area contributed by atoms with Crippen molar-refractivity contribution in [1.82, 2.24) is 15.3 Å². The van der Waals surface area contributed by atoms with Crippen molar-refractivity contribution in [3.8, 4) is 0 Å². The molecular formula is C20H21N5O2. The molecule has 0 aliphatic carbocycles. The first-order valence-corrected chi connectivity index (χ1v) is 8.56. The Morgan fingerprint density at radius 2 is 1.96 bits per heavy atom. The first kappa shape index (κ1) is 18.2. The molecule has 3 rings (SSSR count). The molecule has 138 valence electrons. The van der Waals surface area contributed by atoms with Crippen LogP contribution in [0.15, 0.2) is 55.3 Å². The highest BCUT2D eigenvalue weighted by molar-refractivity contribution is 6.06. The van der Waals surface area contributed by atoms with Crippen LogP contribution in [0.2, 0.25) is 0 Å². The number of carbonyl (C=O) groups excluding carboxylic acids is 2. The number of aromatic amines is 1. The number of hydrogen-bond acceptors (Lipinski definition) is 4. The van der Waals surface area contributed by atoms with E-state index >= 15 is 0 Å². The van der Waals surface area contributed by atoms with Crippen LogP contribution in [0.1, 0.15) is 24.2 Å². The van der Waals surface area contributed by atoms with Gasteiger partial charge in [0, 0.05) is 29.0 Å². The minimum absolute atomic E-state index is 0.0604. The van der Waals surface area contributed by atoms with Gasteiger partial charge in [-0.1, -0.05) is 12.6 Å². The monoisotopic (exact) mass is 363 g/mol. The SMILES string of the molecule is C=CC(=O)Nc1cccc(Nc2ccc3c(C(=O)NC(C)C)c[nH]c3n2)c1. The van der Waals surface area contributed by atoms with Crippen LogP contribution < -0.4 is 16.0 Å². The normalized spacial score (nSPS) is 10.6. The Morgan fingerprint density at radius 3 is 2.70 bits per heavy atom. The highest BCUT2D eigenvalue weighted by Gasteiger charge is 2.14. The quantitative estimate of drug-likeness (QED) is 0.503. The van der Waals surface area contributed by atoms with Crippen molar-refractivity contribution < 1.29 is 9.59 Å². The van der Waals surface area contributed by atoms with Gasteiger partial charge < -0.3 is 20.9 Å². The Morgan fingerprint density at radius 1 is 1.19 bits per heavy atom. The van der Waals surface area contributed by atoms with E-state index in [9.17, 15) is 9.59 Å². The number of nitrogens with zero attached hydrogens (tertiary/aromatic N) is 1. The number of aromatic nitrogens is 2. The van der Waals surface area contributed by atoms with Gasteiger partial charge in [0.15, 0.2) is 0 Å². The summed E-state index contributed by atoms with van der Waals surface area (Å²) in [5.74, 6) is 0.210. The molecule has 0 fully saturated rings. The van der Waals surface area contributed by atoms with Crippen molar-refractivity contribution >= 4 is 40.0 Å². The molecule has 0 atom stereocenters. The van der Waals surface area contributed by atoms with Gasteiger partial charge in [0.05, 0.1) is 5.56 Å². The molecule has 1 aromatic carbocycles. The van der Waals surface area contributed by atoms with Gasteiger partial charge in [0.25, 0.3) is 5.91 Å². The van der Waals surface area contributed by atoms with E-state index in [1.165, 1.54) is 6.08 Å². The van der Waals surface area contributed by atoms with Crippen LogP contribution in [0, 0.1) is 0 Å². The molecule has 2 heterocycles. The summed E-state index contributed by atoms with van der Waals surface area (Å²) >= 11 is 0. The smallest absolute Gasteiger partial charge is 0.253 e. The maximum atomic E-state index is 12.2. The molecule has 4 N–H and O–H groups in total. The maximum absolute atomic E-state index is 12.2. The van der Waals surface area contributed by atoms with Gasteiger partial charge in [-0.05, 0) is 50.3 Å². The van der Waals surface area contributed by atoms with Gasteiger partial charge >= 0.3 is 0 Å². The van der Waals surface area contributed by atoms with Gasteiger partial charge in [-0.3, -0.25) is 9.59 Å². The second kappa shape index (κ2) is 7.74. The lowest BCUT2D eigenvalue weighted by atomic mass is 10.2. The van der Waals surface area contributed by atoms with Gasteiger partial charge in [-0.25, -0.2) is 4.98 Å². The van der Waals surface area contributed by atoms with Crippen LogP contribution in [0.5, 0.6) is 0 Å². The number of nitrogens with one attached hydrogen (secondary N) is 4. The van der Waals surface area contributed by atoms with E-state index < -0.39 is 0 Å². The number of amides is 2. The molecule has 0 saturated carbocycles. The number of carbonyl (C=O) groups is 2. The Kier molecular flexibility index (Phi) is 5.21. The molecule has 27 heavy (non-hydrogen) atoms. The fourth-order valence-electron chi connectivity index (χ4n) is 2.62. The summed E-state index contributed by atoms with van der Waals surface area (Å²) in [5.41, 5.74) is 2.60. The maximum Gasteiger partial charge on any atom is 0.253 e. The first-order chi connectivity index (χ1) is 13.0. The molecule has 0 aliphatic rings. The molecule has 0 aliphatic heterocycles. The number of H-pyrrole nitrogens is 1. The molecule has 0 spiro atoms. The fraction of sp³-hybridized carbons (Fsp3) is 0.150. The van der Waals surface area contributed by atoms with Crippen LogP contribution in [-0.4, -0.2) is 27.8 Å². The lowest BCUT2D eigenvalue weighted by Gasteiger charge is -2.09. The lowest BCUT2D eigenvalue weighted by Crippen LogP contribution is -2.29. The Bertz CT molecular complexity index is 1010. The molecule has 2 aromatic heterocycles. The summed E-state index contributed by atoms with van der Waals surface area (Å²) in [6.07, 6.45) is 2.87. The van der Waals surface area contributed by atoms with Crippen LogP contribution in [0.25, 0.3) is 11.0 Å². The number of anilines is 3. The van der Waals surface area contributed by atoms with Gasteiger partial charge in [-0.2, -0.15) is 0 Å². The average Bonchev–Trinajstić information content (AvgIpc) is 3.04. The van der Waals surface area contributed by atoms with Crippen molar-refractivity contribution in [2.24, 2.45) is 0 Å². The van der Waals surface area contributed by atoms with E-state index in [0.29, 0.717) is 22.7 Å². The van der Waals surface area contributed by atoms with Gasteiger partial charge in [0.1, 0.15) is 11.5 Å². The summed E-state index contributed by atoms with van der Waals surface area (Å²) in [5, 5.41) is 9.53. The molecule has 0 bridgehead atoms. The average molecular weight is 363 g/mol. The third-order valence-electron chi connectivity index (χ3n) is 3.79. The van der Waals surface area contributed by atoms with Gasteiger partial charge in [-0.15, -0.1) is 0 Å². The van der Waals surface area contributed by atoms with E-state index in [1.54, 1.807) is 24.4 Å². The van der Waals surface area contributed by atoms with Crippen molar-refractivity contribution in [2.45, 2.75) is 19.9 Å². The summed E-state index contributed by atoms with van der Waals surface area (Å²) in [7, 11) is 0. The standard InChI is InChI=1S/C20H21N5O2/c1-4-18(26)24-14-7-5-6-13(10-14)23-17-9-8-15-16(11-21-19(15)25-17)20(27)22-12(2)3/h4-12H,1H2,2-3H3,(H,22,27)(H,24,26)(H2,21,23,25). The van der Waals surface area contributed by atoms with Crippen LogP contribution in [0.3, 0.4) is 0 Å². The van der Waals surface area contributed by atoms with Crippen LogP contribution in [0.4, 0.5) is 17.2 Å². The molecule has 0 radical (unpaired) electrons. The third-order valence-corrected chi connectivity index (χ3v) is 3.79. The lowest BCUT2D eigenvalue weighted by molar-refractivity contribution is -0.111. The topological polar surface area (TPSA) is 98.9 Å². The number of fused-ring (bicyclic) bond motifs is 1. The second-order valence-electron chi connectivity index (χ2n) is 6.32. The molecule has 0 saturated heterocycles. The van der Waals surface area contributed by atoms with E-state index in [-0.39, 0.29) is 17.9 Å². The Balaban J connectivity index is 1.80. The van der Waals surface area contributed by atoms with E-state index in [2.05, 4.69) is 32.5 Å². The zero-order valence-electron chi connectivity index (χ0n) is 15.2. The largest absolute Gasteiger partial charge is 0.350 e. The Hall–Kier alpha value is -3.61. The minimum Gasteiger partial charge on any atom is -0.350 e. The third kappa shape index (κ3) is 4.33. The van der Waals surface area contributed by atoms with E-state index in [1.807, 2.05) is 32.0 Å². The molecule has 3 aromatic rings. The highest BCUT2D eigenvalue weighted by atomic mass is 16.2. The Labute approximate surface area is 156 Å². The summed E-state index contributed by atoms with van der Waals surface area (Å²) in [6.45, 7) is 7.27. The number of pyridine rings is 1. The zero-order valence-corrected chi connectivity index (χ0v) is 15.2. The first-order valence-electron chi connectivity index (χ1n) is 8.56. The predicted octanol–water partition coefficient (Wildman–Crippen LogP) is 3.57.